The molecule has 0 aromatic heterocycles. The van der Waals surface area contributed by atoms with E-state index in [-0.39, 0.29) is 12.6 Å². The Morgan fingerprint density at radius 2 is 1.24 bits per heavy atom. The van der Waals surface area contributed by atoms with Crippen LogP contribution >= 0.6 is 0 Å². The third-order valence-electron chi connectivity index (χ3n) is 8.08. The zero-order chi connectivity index (χ0) is 34.2. The Morgan fingerprint density at radius 1 is 0.733 bits per heavy atom. The highest BCUT2D eigenvalue weighted by Crippen LogP contribution is 2.32. The molecule has 1 aromatic rings. The fourth-order valence-electron chi connectivity index (χ4n) is 6.02. The third kappa shape index (κ3) is 14.4. The van der Waals surface area contributed by atoms with Gasteiger partial charge >= 0.3 is 11.9 Å². The summed E-state index contributed by atoms with van der Waals surface area (Å²) in [5, 5.41) is 2.59. The van der Waals surface area contributed by atoms with E-state index >= 15 is 0 Å². The summed E-state index contributed by atoms with van der Waals surface area (Å²) in [6.45, 7) is 15.4. The van der Waals surface area contributed by atoms with Crippen molar-refractivity contribution in [3.63, 3.8) is 0 Å². The molecule has 0 N–H and O–H groups in total. The van der Waals surface area contributed by atoms with Crippen LogP contribution in [0.3, 0.4) is 0 Å². The second kappa shape index (κ2) is 20.3. The summed E-state index contributed by atoms with van der Waals surface area (Å²) in [5.41, 5.74) is 4.83. The molecule has 1 rings (SSSR count). The number of unbranched alkanes of at least 4 members (excludes halogenated alkanes) is 5. The van der Waals surface area contributed by atoms with Crippen LogP contribution in [0.2, 0.25) is 0 Å². The highest BCUT2D eigenvalue weighted by molar-refractivity contribution is 5.90. The first-order valence-corrected chi connectivity index (χ1v) is 16.4. The predicted octanol–water partition coefficient (Wildman–Crippen LogP) is 11.2. The smallest absolute Gasteiger partial charge is 0.344 e. The van der Waals surface area contributed by atoms with E-state index in [9.17, 15) is 27.2 Å². The molecule has 256 valence electrons. The molecule has 0 saturated carbocycles. The van der Waals surface area contributed by atoms with Crippen molar-refractivity contribution in [1.82, 2.24) is 0 Å². The second-order valence-electron chi connectivity index (χ2n) is 13.8. The average molecular weight is 644 g/mol. The zero-order valence-corrected chi connectivity index (χ0v) is 28.2. The molecule has 0 spiro atoms. The minimum absolute atomic E-state index is 0.113. The molecule has 11 heteroatoms. The van der Waals surface area contributed by atoms with Crippen LogP contribution in [0.4, 0.5) is 23.2 Å². The van der Waals surface area contributed by atoms with Crippen LogP contribution in [0.15, 0.2) is 5.11 Å². The molecule has 0 bridgehead atoms. The molecule has 0 aliphatic rings. The van der Waals surface area contributed by atoms with Crippen LogP contribution in [-0.2, 0) is 14.3 Å². The monoisotopic (exact) mass is 643 g/mol. The molecular formula is C34H53F4N3O4. The fourth-order valence-corrected chi connectivity index (χ4v) is 6.02. The predicted molar refractivity (Wildman–Crippen MR) is 168 cm³/mol. The van der Waals surface area contributed by atoms with Gasteiger partial charge in [0, 0.05) is 4.91 Å². The first-order valence-electron chi connectivity index (χ1n) is 16.4. The Hall–Kier alpha value is -2.81. The summed E-state index contributed by atoms with van der Waals surface area (Å²) in [7, 11) is 0. The van der Waals surface area contributed by atoms with Crippen LogP contribution in [0.5, 0.6) is 0 Å². The largest absolute Gasteiger partial charge is 0.465 e. The molecule has 0 radical (unpaired) electrons. The minimum atomic E-state index is -1.97. The van der Waals surface area contributed by atoms with Crippen molar-refractivity contribution in [2.24, 2.45) is 34.2 Å². The van der Waals surface area contributed by atoms with Gasteiger partial charge in [0.25, 0.3) is 0 Å². The van der Waals surface area contributed by atoms with Crippen molar-refractivity contribution in [2.45, 2.75) is 126 Å². The number of halogens is 4. The summed E-state index contributed by atoms with van der Waals surface area (Å²) in [6, 6.07) is 0. The lowest BCUT2D eigenvalue weighted by molar-refractivity contribution is -0.155. The van der Waals surface area contributed by atoms with Gasteiger partial charge < -0.3 is 9.47 Å². The molecule has 7 nitrogen and oxygen atoms in total. The van der Waals surface area contributed by atoms with Crippen LogP contribution < -0.4 is 0 Å². The summed E-state index contributed by atoms with van der Waals surface area (Å²) >= 11 is 0. The van der Waals surface area contributed by atoms with Crippen molar-refractivity contribution >= 4 is 17.6 Å². The van der Waals surface area contributed by atoms with Gasteiger partial charge in [0.2, 0.25) is 0 Å². The number of hydrogen-bond acceptors (Lipinski definition) is 5. The molecule has 45 heavy (non-hydrogen) atoms. The van der Waals surface area contributed by atoms with Gasteiger partial charge in [-0.1, -0.05) is 78.3 Å². The average Bonchev–Trinajstić information content (AvgIpc) is 2.94. The van der Waals surface area contributed by atoms with Crippen LogP contribution in [0.1, 0.15) is 136 Å². The molecule has 0 fully saturated rings. The van der Waals surface area contributed by atoms with Gasteiger partial charge in [-0.3, -0.25) is 4.79 Å². The van der Waals surface area contributed by atoms with Crippen LogP contribution in [0, 0.1) is 52.4 Å². The molecule has 3 unspecified atom stereocenters. The van der Waals surface area contributed by atoms with E-state index in [1.807, 2.05) is 13.8 Å². The van der Waals surface area contributed by atoms with Gasteiger partial charge in [0.15, 0.2) is 23.3 Å². The lowest BCUT2D eigenvalue weighted by Gasteiger charge is -2.28. The summed E-state index contributed by atoms with van der Waals surface area (Å²) in [6.07, 6.45) is 11.2. The van der Waals surface area contributed by atoms with E-state index in [0.717, 1.165) is 57.8 Å². The summed E-state index contributed by atoms with van der Waals surface area (Å²) in [4.78, 5) is 26.8. The van der Waals surface area contributed by atoms with E-state index in [1.165, 1.54) is 6.42 Å². The maximum absolute atomic E-state index is 14.1. The van der Waals surface area contributed by atoms with Gasteiger partial charge in [-0.25, -0.2) is 22.4 Å². The van der Waals surface area contributed by atoms with Crippen molar-refractivity contribution in [2.75, 3.05) is 13.2 Å². The number of azide groups is 1. The van der Waals surface area contributed by atoms with E-state index in [1.54, 1.807) is 0 Å². The lowest BCUT2D eigenvalue weighted by Crippen LogP contribution is -2.29. The first kappa shape index (κ1) is 40.2. The number of ether oxygens (including phenoxy) is 2. The van der Waals surface area contributed by atoms with Crippen LogP contribution in [0.25, 0.3) is 10.4 Å². The Labute approximate surface area is 266 Å². The normalized spacial score (nSPS) is 13.7. The number of rotatable bonds is 22. The lowest BCUT2D eigenvalue weighted by atomic mass is 9.79. The Kier molecular flexibility index (Phi) is 18.2. The number of carbonyl (C=O) groups is 2. The topological polar surface area (TPSA) is 101 Å². The van der Waals surface area contributed by atoms with Gasteiger partial charge in [0.05, 0.1) is 18.6 Å². The summed E-state index contributed by atoms with van der Waals surface area (Å²) in [5.74, 6) is -7.26. The number of carbonyl (C=O) groups excluding carboxylic acids is 2. The van der Waals surface area contributed by atoms with Gasteiger partial charge in [0.1, 0.15) is 11.3 Å². The van der Waals surface area contributed by atoms with Crippen LogP contribution in [-0.4, -0.2) is 25.2 Å². The van der Waals surface area contributed by atoms with Crippen molar-refractivity contribution in [3.05, 3.63) is 39.3 Å². The highest BCUT2D eigenvalue weighted by Gasteiger charge is 2.32. The standard InChI is InChI=1S/C34H53F4N3O4/c1-22(2)19-24(4)20-25(5)21-34(6,7)33(43)45-18-13-10-8-9-11-15-23(3)16-12-14-17-44-32(42)26-27(35)29(37)31(40-41-39)30(38)28(26)36/h22-25H,8-21H2,1-7H3. The Balaban J connectivity index is 2.19. The van der Waals surface area contributed by atoms with E-state index in [4.69, 9.17) is 15.0 Å². The molecule has 3 atom stereocenters. The molecule has 0 amide bonds. The van der Waals surface area contributed by atoms with E-state index < -0.39 is 45.9 Å². The van der Waals surface area contributed by atoms with E-state index in [2.05, 4.69) is 44.6 Å². The van der Waals surface area contributed by atoms with Gasteiger partial charge in [-0.05, 0) is 81.6 Å². The van der Waals surface area contributed by atoms with Crippen molar-refractivity contribution in [1.29, 1.82) is 0 Å². The van der Waals surface area contributed by atoms with Crippen molar-refractivity contribution in [3.8, 4) is 0 Å². The Morgan fingerprint density at radius 3 is 1.82 bits per heavy atom. The third-order valence-corrected chi connectivity index (χ3v) is 8.08. The maximum Gasteiger partial charge on any atom is 0.344 e. The van der Waals surface area contributed by atoms with Crippen molar-refractivity contribution < 1.29 is 36.6 Å². The molecule has 0 saturated heterocycles. The zero-order valence-electron chi connectivity index (χ0n) is 28.2. The molecular weight excluding hydrogens is 590 g/mol. The number of hydrogen-bond donors (Lipinski definition) is 0. The fraction of sp³-hybridized carbons (Fsp3) is 0.765. The maximum atomic E-state index is 14.1. The number of esters is 2. The molecule has 1 aromatic carbocycles. The number of nitrogens with zero attached hydrogens (tertiary/aromatic N) is 3. The van der Waals surface area contributed by atoms with E-state index in [0.29, 0.717) is 43.1 Å². The molecule has 0 heterocycles. The van der Waals surface area contributed by atoms with Gasteiger partial charge in [-0.15, -0.1) is 0 Å². The number of benzene rings is 1. The molecule has 0 aliphatic heterocycles. The van der Waals surface area contributed by atoms with Gasteiger partial charge in [-0.2, -0.15) is 0 Å². The minimum Gasteiger partial charge on any atom is -0.465 e. The molecule has 0 aliphatic carbocycles. The highest BCUT2D eigenvalue weighted by atomic mass is 19.2. The Bertz CT molecular complexity index is 1110. The quantitative estimate of drug-likeness (QED) is 0.0238. The second-order valence-corrected chi connectivity index (χ2v) is 13.8. The summed E-state index contributed by atoms with van der Waals surface area (Å²) < 4.78 is 66.3. The first-order chi connectivity index (χ1) is 21.1. The SMILES string of the molecule is CC(C)CC(C)CC(C)CC(C)(C)C(=O)OCCCCCCCC(C)CCCCOC(=O)c1c(F)c(F)c(N=[N+]=[N-])c(F)c1F.